The van der Waals surface area contributed by atoms with Crippen LogP contribution in [-0.2, 0) is 16.1 Å². The molecule has 0 amide bonds. The molecule has 9 nitrogen and oxygen atoms in total. The van der Waals surface area contributed by atoms with E-state index >= 15 is 0 Å². The number of methoxy groups -OCH3 is 1. The summed E-state index contributed by atoms with van der Waals surface area (Å²) in [6.45, 7) is 5.62. The van der Waals surface area contributed by atoms with E-state index in [1.165, 1.54) is 0 Å². The topological polar surface area (TPSA) is 93.1 Å². The Bertz CT molecular complexity index is 1220. The quantitative estimate of drug-likeness (QED) is 0.595. The van der Waals surface area contributed by atoms with E-state index in [1.807, 2.05) is 24.3 Å². The van der Waals surface area contributed by atoms with Gasteiger partial charge in [0.2, 0.25) is 5.95 Å². The van der Waals surface area contributed by atoms with E-state index in [1.54, 1.807) is 7.11 Å². The van der Waals surface area contributed by atoms with E-state index in [4.69, 9.17) is 29.2 Å². The molecule has 9 heteroatoms. The molecule has 0 radical (unpaired) electrons. The Hall–Kier alpha value is -3.01. The molecule has 3 aliphatic heterocycles. The van der Waals surface area contributed by atoms with E-state index < -0.39 is 0 Å². The van der Waals surface area contributed by atoms with E-state index in [9.17, 15) is 5.11 Å². The minimum absolute atomic E-state index is 0.101. The normalized spacial score (nSPS) is 24.3. The summed E-state index contributed by atoms with van der Waals surface area (Å²) in [5, 5.41) is 10.7. The number of aliphatic hydroxyl groups excluding tert-OH is 1. The van der Waals surface area contributed by atoms with Gasteiger partial charge in [-0.2, -0.15) is 9.97 Å². The maximum absolute atomic E-state index is 9.78. The summed E-state index contributed by atoms with van der Waals surface area (Å²) in [5.74, 6) is 2.31. The number of fused-ring (bicyclic) bond motifs is 3. The molecule has 2 unspecified atom stereocenters. The number of rotatable bonds is 5. The van der Waals surface area contributed by atoms with Gasteiger partial charge in [-0.25, -0.2) is 4.98 Å². The smallest absolute Gasteiger partial charge is 0.230 e. The summed E-state index contributed by atoms with van der Waals surface area (Å²) < 4.78 is 16.9. The lowest BCUT2D eigenvalue weighted by molar-refractivity contribution is 0.0896. The van der Waals surface area contributed by atoms with Gasteiger partial charge in [0.05, 0.1) is 69.3 Å². The highest BCUT2D eigenvalue weighted by Crippen LogP contribution is 2.36. The van der Waals surface area contributed by atoms with Crippen LogP contribution in [0, 0.1) is 0 Å². The number of hydrogen-bond acceptors (Lipinski definition) is 9. The fraction of sp³-hybridized carbons (Fsp3) is 0.500. The van der Waals surface area contributed by atoms with Crippen molar-refractivity contribution in [3.63, 3.8) is 0 Å². The van der Waals surface area contributed by atoms with Crippen LogP contribution in [0.15, 0.2) is 30.3 Å². The minimum Gasteiger partial charge on any atom is -0.496 e. The van der Waals surface area contributed by atoms with E-state index in [2.05, 4.69) is 22.8 Å². The highest BCUT2D eigenvalue weighted by molar-refractivity contribution is 5.90. The van der Waals surface area contributed by atoms with Gasteiger partial charge in [0.15, 0.2) is 5.65 Å². The Morgan fingerprint density at radius 3 is 2.60 bits per heavy atom. The molecule has 3 saturated heterocycles. The predicted octanol–water partition coefficient (Wildman–Crippen LogP) is 2.79. The number of hydrogen-bond donors (Lipinski definition) is 1. The van der Waals surface area contributed by atoms with Gasteiger partial charge in [-0.15, -0.1) is 0 Å². The third kappa shape index (κ3) is 3.97. The van der Waals surface area contributed by atoms with Gasteiger partial charge >= 0.3 is 0 Å². The summed E-state index contributed by atoms with van der Waals surface area (Å²) in [5.41, 5.74) is 3.10. The summed E-state index contributed by atoms with van der Waals surface area (Å²) in [4.78, 5) is 19.8. The molecule has 3 aliphatic rings. The fourth-order valence-corrected chi connectivity index (χ4v) is 5.54. The highest BCUT2D eigenvalue weighted by Gasteiger charge is 2.39. The molecular formula is C26H31N5O4. The first kappa shape index (κ1) is 22.5. The van der Waals surface area contributed by atoms with Crippen molar-refractivity contribution in [2.24, 2.45) is 0 Å². The van der Waals surface area contributed by atoms with E-state index in [-0.39, 0.29) is 12.6 Å². The average Bonchev–Trinajstić information content (AvgIpc) is 3.15. The van der Waals surface area contributed by atoms with Crippen molar-refractivity contribution in [2.75, 3.05) is 49.9 Å². The molecule has 5 heterocycles. The Labute approximate surface area is 204 Å². The SMILES string of the molecule is COc1ccc(-c2ccc3c(N4CCOC[C@@H]4C)nc(N4C5CCC4COC5)nc3n2)cc1CO. The molecule has 2 bridgehead atoms. The average molecular weight is 478 g/mol. The molecule has 0 saturated carbocycles. The van der Waals surface area contributed by atoms with Gasteiger partial charge in [0.1, 0.15) is 11.6 Å². The second-order valence-electron chi connectivity index (χ2n) is 9.55. The molecule has 35 heavy (non-hydrogen) atoms. The van der Waals surface area contributed by atoms with Crippen molar-refractivity contribution in [1.82, 2.24) is 15.0 Å². The predicted molar refractivity (Wildman–Crippen MR) is 133 cm³/mol. The maximum Gasteiger partial charge on any atom is 0.230 e. The van der Waals surface area contributed by atoms with Gasteiger partial charge in [0.25, 0.3) is 0 Å². The van der Waals surface area contributed by atoms with Crippen LogP contribution in [0.3, 0.4) is 0 Å². The van der Waals surface area contributed by atoms with Crippen LogP contribution in [0.5, 0.6) is 5.75 Å². The standard InChI is InChI=1S/C26H31N5O4/c1-16-13-34-10-9-30(16)25-21-6-7-22(17-3-8-23(33-2)18(11-17)12-32)27-24(21)28-26(29-25)31-19-4-5-20(31)15-35-14-19/h3,6-8,11,16,19-20,32H,4-5,9-10,12-15H2,1-2H3/t16-,19?,20?/m0/s1. The van der Waals surface area contributed by atoms with Crippen molar-refractivity contribution >= 4 is 22.8 Å². The van der Waals surface area contributed by atoms with Crippen molar-refractivity contribution in [3.8, 4) is 17.0 Å². The van der Waals surface area contributed by atoms with Gasteiger partial charge in [-0.05, 0) is 50.1 Å². The van der Waals surface area contributed by atoms with Crippen LogP contribution in [0.1, 0.15) is 25.3 Å². The van der Waals surface area contributed by atoms with Gasteiger partial charge in [-0.1, -0.05) is 0 Å². The third-order valence-corrected chi connectivity index (χ3v) is 7.39. The first-order valence-corrected chi connectivity index (χ1v) is 12.3. The number of morpholine rings is 2. The van der Waals surface area contributed by atoms with Crippen LogP contribution in [-0.4, -0.2) is 78.3 Å². The second kappa shape index (κ2) is 9.22. The number of pyridine rings is 1. The Morgan fingerprint density at radius 1 is 1.03 bits per heavy atom. The van der Waals surface area contributed by atoms with Crippen LogP contribution in [0.4, 0.5) is 11.8 Å². The van der Waals surface area contributed by atoms with Crippen molar-refractivity contribution < 1.29 is 19.3 Å². The largest absolute Gasteiger partial charge is 0.496 e. The number of anilines is 2. The Morgan fingerprint density at radius 2 is 1.86 bits per heavy atom. The number of ether oxygens (including phenoxy) is 3. The zero-order valence-electron chi connectivity index (χ0n) is 20.2. The monoisotopic (exact) mass is 477 g/mol. The summed E-state index contributed by atoms with van der Waals surface area (Å²) in [7, 11) is 1.60. The van der Waals surface area contributed by atoms with Crippen molar-refractivity contribution in [2.45, 2.75) is 44.5 Å². The Balaban J connectivity index is 1.49. The summed E-state index contributed by atoms with van der Waals surface area (Å²) in [6.07, 6.45) is 2.19. The molecule has 0 spiro atoms. The van der Waals surface area contributed by atoms with E-state index in [0.29, 0.717) is 49.9 Å². The minimum atomic E-state index is -0.101. The first-order valence-electron chi connectivity index (χ1n) is 12.3. The third-order valence-electron chi connectivity index (χ3n) is 7.39. The molecule has 3 fully saturated rings. The van der Waals surface area contributed by atoms with Crippen molar-refractivity contribution in [3.05, 3.63) is 35.9 Å². The number of benzene rings is 1. The molecule has 2 aromatic heterocycles. The zero-order valence-corrected chi connectivity index (χ0v) is 20.2. The Kier molecular flexibility index (Phi) is 5.91. The maximum atomic E-state index is 9.78. The van der Waals surface area contributed by atoms with Gasteiger partial charge in [-0.3, -0.25) is 0 Å². The zero-order chi connectivity index (χ0) is 23.9. The van der Waals surface area contributed by atoms with Gasteiger partial charge < -0.3 is 29.1 Å². The first-order chi connectivity index (χ1) is 17.2. The number of aliphatic hydroxyl groups is 1. The number of nitrogens with zero attached hydrogens (tertiary/aromatic N) is 5. The molecule has 3 atom stereocenters. The van der Waals surface area contributed by atoms with E-state index in [0.717, 1.165) is 53.4 Å². The van der Waals surface area contributed by atoms with Crippen LogP contribution >= 0.6 is 0 Å². The highest BCUT2D eigenvalue weighted by atomic mass is 16.5. The van der Waals surface area contributed by atoms with Crippen LogP contribution < -0.4 is 14.5 Å². The molecule has 184 valence electrons. The molecule has 0 aliphatic carbocycles. The summed E-state index contributed by atoms with van der Waals surface area (Å²) >= 11 is 0. The second-order valence-corrected chi connectivity index (χ2v) is 9.55. The molecular weight excluding hydrogens is 446 g/mol. The van der Waals surface area contributed by atoms with Crippen LogP contribution in [0.2, 0.25) is 0 Å². The summed E-state index contributed by atoms with van der Waals surface area (Å²) in [6, 6.07) is 10.6. The lowest BCUT2D eigenvalue weighted by atomic mass is 10.1. The fourth-order valence-electron chi connectivity index (χ4n) is 5.54. The molecule has 3 aromatic rings. The molecule has 1 N–H and O–H groups in total. The number of aromatic nitrogens is 3. The molecule has 6 rings (SSSR count). The lowest BCUT2D eigenvalue weighted by Crippen LogP contribution is -2.47. The molecule has 1 aromatic carbocycles. The lowest BCUT2D eigenvalue weighted by Gasteiger charge is -2.37. The van der Waals surface area contributed by atoms with Crippen LogP contribution in [0.25, 0.3) is 22.3 Å². The van der Waals surface area contributed by atoms with Gasteiger partial charge in [0, 0.05) is 17.7 Å². The van der Waals surface area contributed by atoms with Crippen molar-refractivity contribution in [1.29, 1.82) is 0 Å².